The zero-order valence-corrected chi connectivity index (χ0v) is 12.1. The third kappa shape index (κ3) is 4.18. The van der Waals surface area contributed by atoms with E-state index in [1.807, 2.05) is 6.20 Å². The minimum absolute atomic E-state index is 0.667. The molecule has 1 unspecified atom stereocenters. The van der Waals surface area contributed by atoms with E-state index in [0.717, 1.165) is 44.9 Å². The van der Waals surface area contributed by atoms with Crippen molar-refractivity contribution >= 4 is 5.69 Å². The monoisotopic (exact) mass is 263 g/mol. The highest BCUT2D eigenvalue weighted by atomic mass is 16.5. The minimum Gasteiger partial charge on any atom is -0.384 e. The number of methoxy groups -OCH3 is 1. The van der Waals surface area contributed by atoms with Crippen LogP contribution in [0, 0.1) is 5.92 Å². The van der Waals surface area contributed by atoms with Crippen LogP contribution in [0.25, 0.3) is 0 Å². The summed E-state index contributed by atoms with van der Waals surface area (Å²) in [5.41, 5.74) is 2.42. The van der Waals surface area contributed by atoms with E-state index in [-0.39, 0.29) is 0 Å². The predicted molar refractivity (Wildman–Crippen MR) is 78.4 cm³/mol. The maximum Gasteiger partial charge on any atom is 0.0562 e. The second kappa shape index (κ2) is 7.46. The Bertz CT molecular complexity index is 383. The van der Waals surface area contributed by atoms with Crippen molar-refractivity contribution in [3.63, 3.8) is 0 Å². The Labute approximate surface area is 116 Å². The SMILES string of the molecule is CCCNCc1cc(N2CCC(COC)C2)ccn1. The number of nitrogens with one attached hydrogen (secondary N) is 1. The van der Waals surface area contributed by atoms with Gasteiger partial charge in [-0.3, -0.25) is 4.98 Å². The van der Waals surface area contributed by atoms with Gasteiger partial charge < -0.3 is 15.0 Å². The average Bonchev–Trinajstić information content (AvgIpc) is 2.89. The number of pyridine rings is 1. The van der Waals surface area contributed by atoms with Crippen LogP contribution in [0.1, 0.15) is 25.5 Å². The van der Waals surface area contributed by atoms with Crippen molar-refractivity contribution in [2.75, 3.05) is 38.3 Å². The molecule has 0 saturated carbocycles. The summed E-state index contributed by atoms with van der Waals surface area (Å²) >= 11 is 0. The predicted octanol–water partition coefficient (Wildman–Crippen LogP) is 2.05. The smallest absolute Gasteiger partial charge is 0.0562 e. The topological polar surface area (TPSA) is 37.4 Å². The Morgan fingerprint density at radius 1 is 1.53 bits per heavy atom. The quantitative estimate of drug-likeness (QED) is 0.764. The van der Waals surface area contributed by atoms with Crippen molar-refractivity contribution < 1.29 is 4.74 Å². The summed E-state index contributed by atoms with van der Waals surface area (Å²) in [6.45, 7) is 7.17. The van der Waals surface area contributed by atoms with Crippen molar-refractivity contribution in [1.82, 2.24) is 10.3 Å². The molecular weight excluding hydrogens is 238 g/mol. The summed E-state index contributed by atoms with van der Waals surface area (Å²) in [7, 11) is 1.78. The molecule has 1 atom stereocenters. The zero-order chi connectivity index (χ0) is 13.5. The summed E-state index contributed by atoms with van der Waals surface area (Å²) in [6.07, 6.45) is 4.30. The molecule has 1 aromatic rings. The fourth-order valence-electron chi connectivity index (χ4n) is 2.59. The van der Waals surface area contributed by atoms with Crippen molar-refractivity contribution in [3.8, 4) is 0 Å². The van der Waals surface area contributed by atoms with Crippen LogP contribution in [0.15, 0.2) is 18.3 Å². The summed E-state index contributed by atoms with van der Waals surface area (Å²) in [5, 5.41) is 3.40. The van der Waals surface area contributed by atoms with E-state index in [0.29, 0.717) is 5.92 Å². The molecule has 1 aromatic heterocycles. The molecule has 0 radical (unpaired) electrons. The second-order valence-electron chi connectivity index (χ2n) is 5.24. The standard InChI is InChI=1S/C15H25N3O/c1-3-6-16-10-14-9-15(4-7-17-14)18-8-5-13(11-18)12-19-2/h4,7,9,13,16H,3,5-6,8,10-12H2,1-2H3. The van der Waals surface area contributed by atoms with Gasteiger partial charge in [0.2, 0.25) is 0 Å². The van der Waals surface area contributed by atoms with E-state index in [2.05, 4.69) is 34.3 Å². The van der Waals surface area contributed by atoms with E-state index in [1.165, 1.54) is 12.1 Å². The van der Waals surface area contributed by atoms with Crippen molar-refractivity contribution in [1.29, 1.82) is 0 Å². The highest BCUT2D eigenvalue weighted by molar-refractivity contribution is 5.47. The van der Waals surface area contributed by atoms with Gasteiger partial charge in [0.15, 0.2) is 0 Å². The van der Waals surface area contributed by atoms with Crippen LogP contribution < -0.4 is 10.2 Å². The molecule has 0 spiro atoms. The highest BCUT2D eigenvalue weighted by Crippen LogP contribution is 2.24. The van der Waals surface area contributed by atoms with E-state index < -0.39 is 0 Å². The molecule has 4 heteroatoms. The van der Waals surface area contributed by atoms with Crippen molar-refractivity contribution in [2.24, 2.45) is 5.92 Å². The number of anilines is 1. The van der Waals surface area contributed by atoms with Gasteiger partial charge in [0.25, 0.3) is 0 Å². The lowest BCUT2D eigenvalue weighted by atomic mass is 10.1. The molecule has 1 saturated heterocycles. The van der Waals surface area contributed by atoms with Gasteiger partial charge in [0.05, 0.1) is 12.3 Å². The summed E-state index contributed by atoms with van der Waals surface area (Å²) in [4.78, 5) is 6.86. The van der Waals surface area contributed by atoms with E-state index in [1.54, 1.807) is 7.11 Å². The molecule has 1 N–H and O–H groups in total. The van der Waals surface area contributed by atoms with Gasteiger partial charge in [-0.15, -0.1) is 0 Å². The van der Waals surface area contributed by atoms with Crippen LogP contribution in [-0.2, 0) is 11.3 Å². The van der Waals surface area contributed by atoms with Gasteiger partial charge in [-0.05, 0) is 31.5 Å². The van der Waals surface area contributed by atoms with Gasteiger partial charge in [-0.2, -0.15) is 0 Å². The Balaban J connectivity index is 1.91. The third-order valence-corrected chi connectivity index (χ3v) is 3.59. The molecule has 1 aliphatic rings. The fourth-order valence-corrected chi connectivity index (χ4v) is 2.59. The van der Waals surface area contributed by atoms with Gasteiger partial charge in [-0.1, -0.05) is 6.92 Å². The molecule has 106 valence electrons. The number of nitrogens with zero attached hydrogens (tertiary/aromatic N) is 2. The Morgan fingerprint density at radius 3 is 3.21 bits per heavy atom. The third-order valence-electron chi connectivity index (χ3n) is 3.59. The molecule has 0 aliphatic carbocycles. The lowest BCUT2D eigenvalue weighted by Crippen LogP contribution is -2.21. The van der Waals surface area contributed by atoms with Crippen LogP contribution in [0.5, 0.6) is 0 Å². The first kappa shape index (κ1) is 14.3. The summed E-state index contributed by atoms with van der Waals surface area (Å²) < 4.78 is 5.25. The lowest BCUT2D eigenvalue weighted by Gasteiger charge is -2.19. The first-order valence-corrected chi connectivity index (χ1v) is 7.23. The number of hydrogen-bond donors (Lipinski definition) is 1. The second-order valence-corrected chi connectivity index (χ2v) is 5.24. The van der Waals surface area contributed by atoms with E-state index in [9.17, 15) is 0 Å². The van der Waals surface area contributed by atoms with Crippen LogP contribution in [0.4, 0.5) is 5.69 Å². The molecule has 0 aromatic carbocycles. The van der Waals surface area contributed by atoms with Crippen LogP contribution in [0.2, 0.25) is 0 Å². The van der Waals surface area contributed by atoms with E-state index >= 15 is 0 Å². The first-order valence-electron chi connectivity index (χ1n) is 7.23. The molecule has 0 bridgehead atoms. The maximum absolute atomic E-state index is 5.25. The number of hydrogen-bond acceptors (Lipinski definition) is 4. The highest BCUT2D eigenvalue weighted by Gasteiger charge is 2.22. The van der Waals surface area contributed by atoms with Gasteiger partial charge >= 0.3 is 0 Å². The fraction of sp³-hybridized carbons (Fsp3) is 0.667. The molecule has 1 fully saturated rings. The summed E-state index contributed by atoms with van der Waals surface area (Å²) in [6, 6.07) is 4.32. The molecule has 19 heavy (non-hydrogen) atoms. The molecule has 2 heterocycles. The summed E-state index contributed by atoms with van der Waals surface area (Å²) in [5.74, 6) is 0.667. The first-order chi connectivity index (χ1) is 9.33. The lowest BCUT2D eigenvalue weighted by molar-refractivity contribution is 0.161. The van der Waals surface area contributed by atoms with Gasteiger partial charge in [-0.25, -0.2) is 0 Å². The number of ether oxygens (including phenoxy) is 1. The van der Waals surface area contributed by atoms with Crippen molar-refractivity contribution in [2.45, 2.75) is 26.3 Å². The average molecular weight is 263 g/mol. The normalized spacial score (nSPS) is 19.1. The molecule has 2 rings (SSSR count). The molecular formula is C15H25N3O. The van der Waals surface area contributed by atoms with Crippen molar-refractivity contribution in [3.05, 3.63) is 24.0 Å². The molecule has 4 nitrogen and oxygen atoms in total. The van der Waals surface area contributed by atoms with E-state index in [4.69, 9.17) is 4.74 Å². The van der Waals surface area contributed by atoms with Crippen LogP contribution >= 0.6 is 0 Å². The van der Waals surface area contributed by atoms with Crippen LogP contribution in [0.3, 0.4) is 0 Å². The largest absolute Gasteiger partial charge is 0.384 e. The number of aromatic nitrogens is 1. The minimum atomic E-state index is 0.667. The Morgan fingerprint density at radius 2 is 2.42 bits per heavy atom. The van der Waals surface area contributed by atoms with Gasteiger partial charge in [0.1, 0.15) is 0 Å². The molecule has 1 aliphatic heterocycles. The zero-order valence-electron chi connectivity index (χ0n) is 12.1. The maximum atomic E-state index is 5.25. The Kier molecular flexibility index (Phi) is 5.61. The molecule has 0 amide bonds. The van der Waals surface area contributed by atoms with Crippen LogP contribution in [-0.4, -0.2) is 38.3 Å². The van der Waals surface area contributed by atoms with Gasteiger partial charge in [0, 0.05) is 44.5 Å². The Hall–Kier alpha value is -1.13. The number of rotatable bonds is 7.